The van der Waals surface area contributed by atoms with E-state index in [4.69, 9.17) is 4.74 Å². The lowest BCUT2D eigenvalue weighted by atomic mass is 10.1. The lowest BCUT2D eigenvalue weighted by Crippen LogP contribution is -2.50. The molecule has 2 N–H and O–H groups in total. The van der Waals surface area contributed by atoms with Crippen molar-refractivity contribution in [2.75, 3.05) is 31.9 Å². The molecule has 0 saturated carbocycles. The summed E-state index contributed by atoms with van der Waals surface area (Å²) in [6, 6.07) is 6.21. The summed E-state index contributed by atoms with van der Waals surface area (Å²) in [5.41, 5.74) is 0. The molecule has 1 aliphatic heterocycles. The molecule has 0 aromatic heterocycles. The first-order valence-corrected chi connectivity index (χ1v) is 11.4. The van der Waals surface area contributed by atoms with Crippen LogP contribution in [-0.4, -0.2) is 62.8 Å². The SMILES string of the molecule is CCNC(=NCC(C)Oc1cccc(F)c1)NC1CCN(S(=O)(=O)CC)CC1.I. The summed E-state index contributed by atoms with van der Waals surface area (Å²) in [4.78, 5) is 4.55. The molecular formula is C19H32FIN4O3S. The molecule has 1 fully saturated rings. The molecule has 29 heavy (non-hydrogen) atoms. The van der Waals surface area contributed by atoms with Crippen LogP contribution in [-0.2, 0) is 10.0 Å². The molecule has 0 radical (unpaired) electrons. The zero-order chi connectivity index (χ0) is 20.6. The summed E-state index contributed by atoms with van der Waals surface area (Å²) in [5.74, 6) is 0.956. The molecule has 0 amide bonds. The van der Waals surface area contributed by atoms with Gasteiger partial charge in [-0.1, -0.05) is 6.07 Å². The standard InChI is InChI=1S/C19H31FN4O3S.HI/c1-4-21-19(22-14-15(3)27-18-8-6-7-16(20)13-18)23-17-9-11-24(12-10-17)28(25,26)5-2;/h6-8,13,15,17H,4-5,9-12,14H2,1-3H3,(H2,21,22,23);1H. The van der Waals surface area contributed by atoms with E-state index in [9.17, 15) is 12.8 Å². The van der Waals surface area contributed by atoms with Gasteiger partial charge in [-0.15, -0.1) is 24.0 Å². The van der Waals surface area contributed by atoms with Gasteiger partial charge in [0.15, 0.2) is 5.96 Å². The Balaban J connectivity index is 0.00000420. The van der Waals surface area contributed by atoms with E-state index in [-0.39, 0.29) is 47.7 Å². The molecule has 2 rings (SSSR count). The number of piperidine rings is 1. The fourth-order valence-electron chi connectivity index (χ4n) is 3.00. The lowest BCUT2D eigenvalue weighted by Gasteiger charge is -2.32. The van der Waals surface area contributed by atoms with E-state index in [0.29, 0.717) is 37.9 Å². The third-order valence-corrected chi connectivity index (χ3v) is 6.42. The number of sulfonamides is 1. The number of halogens is 2. The van der Waals surface area contributed by atoms with Crippen LogP contribution in [0.25, 0.3) is 0 Å². The van der Waals surface area contributed by atoms with Crippen molar-refractivity contribution in [2.24, 2.45) is 4.99 Å². The van der Waals surface area contributed by atoms with Crippen LogP contribution in [0, 0.1) is 5.82 Å². The van der Waals surface area contributed by atoms with Gasteiger partial charge in [0.1, 0.15) is 17.7 Å². The molecule has 1 aromatic rings. The minimum Gasteiger partial charge on any atom is -0.489 e. The Morgan fingerprint density at radius 2 is 2.03 bits per heavy atom. The number of hydrogen-bond acceptors (Lipinski definition) is 4. The number of ether oxygens (including phenoxy) is 1. The highest BCUT2D eigenvalue weighted by Gasteiger charge is 2.27. The first-order chi connectivity index (χ1) is 13.3. The summed E-state index contributed by atoms with van der Waals surface area (Å²) < 4.78 is 44.4. The fraction of sp³-hybridized carbons (Fsp3) is 0.632. The highest BCUT2D eigenvalue weighted by Crippen LogP contribution is 2.15. The van der Waals surface area contributed by atoms with E-state index in [1.807, 2.05) is 13.8 Å². The smallest absolute Gasteiger partial charge is 0.213 e. The third kappa shape index (κ3) is 8.63. The normalized spacial score (nSPS) is 17.3. The van der Waals surface area contributed by atoms with Gasteiger partial charge >= 0.3 is 0 Å². The Morgan fingerprint density at radius 3 is 2.62 bits per heavy atom. The zero-order valence-electron chi connectivity index (χ0n) is 17.2. The molecule has 1 aromatic carbocycles. The molecule has 0 bridgehead atoms. The van der Waals surface area contributed by atoms with E-state index in [2.05, 4.69) is 15.6 Å². The van der Waals surface area contributed by atoms with Gasteiger partial charge in [0, 0.05) is 31.7 Å². The Hall–Kier alpha value is -1.14. The van der Waals surface area contributed by atoms with Crippen LogP contribution in [0.1, 0.15) is 33.6 Å². The molecule has 166 valence electrons. The molecule has 0 aliphatic carbocycles. The van der Waals surface area contributed by atoms with Crippen LogP contribution in [0.2, 0.25) is 0 Å². The average molecular weight is 542 g/mol. The second-order valence-electron chi connectivity index (χ2n) is 6.82. The number of rotatable bonds is 8. The summed E-state index contributed by atoms with van der Waals surface area (Å²) in [6.07, 6.45) is 1.26. The number of nitrogens with one attached hydrogen (secondary N) is 2. The molecule has 0 spiro atoms. The highest BCUT2D eigenvalue weighted by molar-refractivity contribution is 14.0. The molecule has 1 aliphatic rings. The fourth-order valence-corrected chi connectivity index (χ4v) is 4.14. The first kappa shape index (κ1) is 25.9. The highest BCUT2D eigenvalue weighted by atomic mass is 127. The van der Waals surface area contributed by atoms with Crippen molar-refractivity contribution < 1.29 is 17.5 Å². The van der Waals surface area contributed by atoms with Crippen LogP contribution in [0.3, 0.4) is 0 Å². The Labute approximate surface area is 190 Å². The van der Waals surface area contributed by atoms with Gasteiger partial charge in [0.25, 0.3) is 0 Å². The van der Waals surface area contributed by atoms with Crippen LogP contribution < -0.4 is 15.4 Å². The van der Waals surface area contributed by atoms with Gasteiger partial charge in [-0.05, 0) is 45.7 Å². The van der Waals surface area contributed by atoms with Crippen LogP contribution in [0.15, 0.2) is 29.3 Å². The zero-order valence-corrected chi connectivity index (χ0v) is 20.4. The van der Waals surface area contributed by atoms with Crippen molar-refractivity contribution in [3.8, 4) is 5.75 Å². The Bertz CT molecular complexity index is 756. The van der Waals surface area contributed by atoms with Crippen LogP contribution in [0.5, 0.6) is 5.75 Å². The van der Waals surface area contributed by atoms with Crippen molar-refractivity contribution in [2.45, 2.75) is 45.8 Å². The minimum absolute atomic E-state index is 0. The van der Waals surface area contributed by atoms with Gasteiger partial charge in [-0.3, -0.25) is 0 Å². The Morgan fingerprint density at radius 1 is 1.34 bits per heavy atom. The van der Waals surface area contributed by atoms with Gasteiger partial charge in [-0.2, -0.15) is 0 Å². The van der Waals surface area contributed by atoms with E-state index in [1.54, 1.807) is 23.4 Å². The maximum atomic E-state index is 13.2. The van der Waals surface area contributed by atoms with E-state index >= 15 is 0 Å². The van der Waals surface area contributed by atoms with Gasteiger partial charge in [0.05, 0.1) is 12.3 Å². The number of guanidine groups is 1. The molecular weight excluding hydrogens is 510 g/mol. The van der Waals surface area contributed by atoms with Crippen molar-refractivity contribution in [3.05, 3.63) is 30.1 Å². The first-order valence-electron chi connectivity index (χ1n) is 9.79. The van der Waals surface area contributed by atoms with Crippen molar-refractivity contribution in [1.82, 2.24) is 14.9 Å². The van der Waals surface area contributed by atoms with Crippen molar-refractivity contribution in [1.29, 1.82) is 0 Å². The number of hydrogen-bond donors (Lipinski definition) is 2. The molecule has 1 unspecified atom stereocenters. The van der Waals surface area contributed by atoms with Gasteiger partial charge < -0.3 is 15.4 Å². The number of benzene rings is 1. The third-order valence-electron chi connectivity index (χ3n) is 4.54. The van der Waals surface area contributed by atoms with E-state index in [1.165, 1.54) is 12.1 Å². The largest absolute Gasteiger partial charge is 0.489 e. The molecule has 1 atom stereocenters. The topological polar surface area (TPSA) is 83.0 Å². The Kier molecular flexibility index (Phi) is 11.2. The molecule has 7 nitrogen and oxygen atoms in total. The molecule has 1 saturated heterocycles. The van der Waals surface area contributed by atoms with E-state index in [0.717, 1.165) is 12.8 Å². The maximum absolute atomic E-state index is 13.2. The predicted octanol–water partition coefficient (Wildman–Crippen LogP) is 2.58. The second kappa shape index (κ2) is 12.5. The number of nitrogens with zero attached hydrogens (tertiary/aromatic N) is 2. The number of aliphatic imine (C=N–C) groups is 1. The lowest BCUT2D eigenvalue weighted by molar-refractivity contribution is 0.229. The van der Waals surface area contributed by atoms with Crippen molar-refractivity contribution >= 4 is 40.0 Å². The van der Waals surface area contributed by atoms with Gasteiger partial charge in [-0.25, -0.2) is 22.1 Å². The maximum Gasteiger partial charge on any atom is 0.213 e. The predicted molar refractivity (Wildman–Crippen MR) is 125 cm³/mol. The van der Waals surface area contributed by atoms with Crippen molar-refractivity contribution in [3.63, 3.8) is 0 Å². The summed E-state index contributed by atoms with van der Waals surface area (Å²) in [5, 5.41) is 6.58. The second-order valence-corrected chi connectivity index (χ2v) is 9.08. The average Bonchev–Trinajstić information content (AvgIpc) is 2.67. The van der Waals surface area contributed by atoms with Crippen LogP contribution in [0.4, 0.5) is 4.39 Å². The van der Waals surface area contributed by atoms with Crippen LogP contribution >= 0.6 is 24.0 Å². The molecule has 1 heterocycles. The summed E-state index contributed by atoms with van der Waals surface area (Å²) in [7, 11) is -3.12. The summed E-state index contributed by atoms with van der Waals surface area (Å²) >= 11 is 0. The van der Waals surface area contributed by atoms with Gasteiger partial charge in [0.2, 0.25) is 10.0 Å². The monoisotopic (exact) mass is 542 g/mol. The summed E-state index contributed by atoms with van der Waals surface area (Å²) in [6.45, 7) is 7.70. The minimum atomic E-state index is -3.12. The van der Waals surface area contributed by atoms with E-state index < -0.39 is 10.0 Å². The molecule has 10 heteroatoms. The quantitative estimate of drug-likeness (QED) is 0.300.